The summed E-state index contributed by atoms with van der Waals surface area (Å²) in [5.41, 5.74) is 0.409. The van der Waals surface area contributed by atoms with E-state index in [0.29, 0.717) is 24.6 Å². The van der Waals surface area contributed by atoms with E-state index in [0.717, 1.165) is 25.9 Å². The number of carbonyl (C=O) groups excluding carboxylic acids is 1. The molecule has 1 fully saturated rings. The summed E-state index contributed by atoms with van der Waals surface area (Å²) in [6, 6.07) is 6.20. The molecule has 0 unspecified atom stereocenters. The monoisotopic (exact) mass is 365 g/mol. The van der Waals surface area contributed by atoms with Gasteiger partial charge in [0, 0.05) is 25.2 Å². The van der Waals surface area contributed by atoms with Crippen molar-refractivity contribution in [1.82, 2.24) is 14.9 Å². The van der Waals surface area contributed by atoms with Gasteiger partial charge in [-0.2, -0.15) is 0 Å². The second-order valence-electron chi connectivity index (χ2n) is 6.21. The highest BCUT2D eigenvalue weighted by atomic mass is 32.2. The van der Waals surface area contributed by atoms with Gasteiger partial charge in [-0.15, -0.1) is 6.58 Å². The first-order valence-electron chi connectivity index (χ1n) is 8.68. The third kappa shape index (κ3) is 5.39. The molecule has 6 nitrogen and oxygen atoms in total. The molecule has 0 aliphatic carbocycles. The molecule has 0 radical (unpaired) electrons. The van der Waals surface area contributed by atoms with Crippen LogP contribution in [0.25, 0.3) is 0 Å². The average Bonchev–Trinajstić information content (AvgIpc) is 2.64. The van der Waals surface area contributed by atoms with Crippen molar-refractivity contribution in [2.24, 2.45) is 5.92 Å². The molecule has 0 spiro atoms. The van der Waals surface area contributed by atoms with Crippen LogP contribution in [0.3, 0.4) is 0 Å². The summed E-state index contributed by atoms with van der Waals surface area (Å²) < 4.78 is 26.8. The van der Waals surface area contributed by atoms with Crippen molar-refractivity contribution in [3.05, 3.63) is 42.5 Å². The fourth-order valence-electron chi connectivity index (χ4n) is 2.92. The Hall–Kier alpha value is -1.70. The molecule has 138 valence electrons. The maximum absolute atomic E-state index is 12.7. The molecule has 1 heterocycles. The maximum atomic E-state index is 12.7. The minimum Gasteiger partial charge on any atom is -0.339 e. The number of piperidine rings is 1. The van der Waals surface area contributed by atoms with Gasteiger partial charge in [0.2, 0.25) is 10.0 Å². The van der Waals surface area contributed by atoms with Gasteiger partial charge in [0.25, 0.3) is 5.91 Å². The highest BCUT2D eigenvalue weighted by molar-refractivity contribution is 7.89. The van der Waals surface area contributed by atoms with Crippen molar-refractivity contribution >= 4 is 15.9 Å². The van der Waals surface area contributed by atoms with E-state index < -0.39 is 10.0 Å². The Morgan fingerprint density at radius 3 is 2.72 bits per heavy atom. The quantitative estimate of drug-likeness (QED) is 0.686. The number of nitrogens with one attached hydrogen (secondary N) is 2. The molecule has 1 aliphatic heterocycles. The summed E-state index contributed by atoms with van der Waals surface area (Å²) in [6.07, 6.45) is 3.42. The molecule has 1 aromatic carbocycles. The van der Waals surface area contributed by atoms with Crippen LogP contribution in [-0.4, -0.2) is 51.9 Å². The minimum absolute atomic E-state index is 0.0993. The van der Waals surface area contributed by atoms with Crippen molar-refractivity contribution in [2.45, 2.75) is 24.7 Å². The van der Waals surface area contributed by atoms with E-state index in [-0.39, 0.29) is 17.3 Å². The molecule has 2 rings (SSSR count). The van der Waals surface area contributed by atoms with E-state index >= 15 is 0 Å². The van der Waals surface area contributed by atoms with E-state index in [1.54, 1.807) is 12.1 Å². The second kappa shape index (κ2) is 9.12. The van der Waals surface area contributed by atoms with Crippen LogP contribution in [0.4, 0.5) is 0 Å². The fourth-order valence-corrected chi connectivity index (χ4v) is 3.96. The number of carbonyl (C=O) groups is 1. The summed E-state index contributed by atoms with van der Waals surface area (Å²) in [7, 11) is -3.63. The molecule has 1 saturated heterocycles. The van der Waals surface area contributed by atoms with Gasteiger partial charge in [-0.3, -0.25) is 4.79 Å². The molecule has 0 atom stereocenters. The number of hydrogen-bond donors (Lipinski definition) is 2. The Morgan fingerprint density at radius 1 is 1.36 bits per heavy atom. The van der Waals surface area contributed by atoms with Gasteiger partial charge in [0.1, 0.15) is 0 Å². The van der Waals surface area contributed by atoms with Gasteiger partial charge in [-0.05, 0) is 50.0 Å². The predicted molar refractivity (Wildman–Crippen MR) is 99.0 cm³/mol. The third-order valence-corrected chi connectivity index (χ3v) is 5.81. The van der Waals surface area contributed by atoms with Crippen molar-refractivity contribution in [2.75, 3.05) is 32.7 Å². The third-order valence-electron chi connectivity index (χ3n) is 4.39. The van der Waals surface area contributed by atoms with Gasteiger partial charge in [0.15, 0.2) is 0 Å². The number of nitrogens with zero attached hydrogens (tertiary/aromatic N) is 1. The molecule has 0 saturated carbocycles. The predicted octanol–water partition coefficient (Wildman–Crippen LogP) is 1.61. The number of rotatable bonds is 8. The average molecular weight is 365 g/mol. The molecule has 1 aliphatic rings. The molecule has 0 aromatic heterocycles. The molecule has 7 heteroatoms. The first-order valence-corrected chi connectivity index (χ1v) is 10.2. The van der Waals surface area contributed by atoms with Crippen molar-refractivity contribution in [3.8, 4) is 0 Å². The molecule has 1 aromatic rings. The highest BCUT2D eigenvalue weighted by Gasteiger charge is 2.24. The van der Waals surface area contributed by atoms with Crippen LogP contribution in [0.5, 0.6) is 0 Å². The number of amides is 1. The summed E-state index contributed by atoms with van der Waals surface area (Å²) in [5, 5.41) is 3.35. The topological polar surface area (TPSA) is 78.5 Å². The first-order chi connectivity index (χ1) is 12.0. The molecule has 25 heavy (non-hydrogen) atoms. The second-order valence-corrected chi connectivity index (χ2v) is 7.98. The number of likely N-dealkylation sites (tertiary alicyclic amines) is 1. The lowest BCUT2D eigenvalue weighted by atomic mass is 9.96. The molecular weight excluding hydrogens is 338 g/mol. The Morgan fingerprint density at radius 2 is 2.08 bits per heavy atom. The van der Waals surface area contributed by atoms with E-state index in [9.17, 15) is 13.2 Å². The van der Waals surface area contributed by atoms with Gasteiger partial charge in [0.05, 0.1) is 4.90 Å². The van der Waals surface area contributed by atoms with Crippen LogP contribution in [-0.2, 0) is 10.0 Å². The zero-order valence-electron chi connectivity index (χ0n) is 14.7. The molecular formula is C18H27N3O3S. The van der Waals surface area contributed by atoms with Gasteiger partial charge in [-0.25, -0.2) is 13.1 Å². The largest absolute Gasteiger partial charge is 0.339 e. The van der Waals surface area contributed by atoms with Gasteiger partial charge in [-0.1, -0.05) is 19.1 Å². The highest BCUT2D eigenvalue weighted by Crippen LogP contribution is 2.20. The summed E-state index contributed by atoms with van der Waals surface area (Å²) in [4.78, 5) is 14.6. The van der Waals surface area contributed by atoms with E-state index in [4.69, 9.17) is 0 Å². The molecule has 0 bridgehead atoms. The summed E-state index contributed by atoms with van der Waals surface area (Å²) in [6.45, 7) is 9.10. The SMILES string of the molecule is C=CCNS(=O)(=O)c1cccc(C(=O)N2CCC(CNCC)CC2)c1. The summed E-state index contributed by atoms with van der Waals surface area (Å²) in [5.74, 6) is 0.487. The Balaban J connectivity index is 2.03. The van der Waals surface area contributed by atoms with Gasteiger partial charge >= 0.3 is 0 Å². The number of sulfonamides is 1. The van der Waals surface area contributed by atoms with Crippen LogP contribution in [0.2, 0.25) is 0 Å². The van der Waals surface area contributed by atoms with Crippen LogP contribution >= 0.6 is 0 Å². The van der Waals surface area contributed by atoms with Crippen molar-refractivity contribution in [1.29, 1.82) is 0 Å². The number of hydrogen-bond acceptors (Lipinski definition) is 4. The minimum atomic E-state index is -3.63. The lowest BCUT2D eigenvalue weighted by molar-refractivity contribution is 0.0690. The number of benzene rings is 1. The van der Waals surface area contributed by atoms with Crippen molar-refractivity contribution < 1.29 is 13.2 Å². The van der Waals surface area contributed by atoms with Crippen LogP contribution in [0.15, 0.2) is 41.8 Å². The Labute approximate surface area is 150 Å². The van der Waals surface area contributed by atoms with E-state index in [1.807, 2.05) is 4.90 Å². The lowest BCUT2D eigenvalue weighted by Crippen LogP contribution is -2.40. The smallest absolute Gasteiger partial charge is 0.253 e. The van der Waals surface area contributed by atoms with Crippen LogP contribution < -0.4 is 10.0 Å². The van der Waals surface area contributed by atoms with E-state index in [2.05, 4.69) is 23.5 Å². The maximum Gasteiger partial charge on any atom is 0.253 e. The zero-order chi connectivity index (χ0) is 18.3. The summed E-state index contributed by atoms with van der Waals surface area (Å²) >= 11 is 0. The van der Waals surface area contributed by atoms with Crippen LogP contribution in [0.1, 0.15) is 30.1 Å². The Bertz CT molecular complexity index is 695. The normalized spacial score (nSPS) is 16.0. The lowest BCUT2D eigenvalue weighted by Gasteiger charge is -2.32. The van der Waals surface area contributed by atoms with Gasteiger partial charge < -0.3 is 10.2 Å². The van der Waals surface area contributed by atoms with Crippen molar-refractivity contribution in [3.63, 3.8) is 0 Å². The Kier molecular flexibility index (Phi) is 7.16. The van der Waals surface area contributed by atoms with E-state index in [1.165, 1.54) is 18.2 Å². The fraction of sp³-hybridized carbons (Fsp3) is 0.500. The molecule has 1 amide bonds. The first kappa shape index (κ1) is 19.6. The van der Waals surface area contributed by atoms with Crippen LogP contribution in [0, 0.1) is 5.92 Å². The standard InChI is InChI=1S/C18H27N3O3S/c1-3-10-20-25(23,24)17-7-5-6-16(13-17)18(22)21-11-8-15(9-12-21)14-19-4-2/h3,5-7,13,15,19-20H,1,4,8-12,14H2,2H3. The zero-order valence-corrected chi connectivity index (χ0v) is 15.5. The molecule has 2 N–H and O–H groups in total.